The summed E-state index contributed by atoms with van der Waals surface area (Å²) >= 11 is 5.68. The van der Waals surface area contributed by atoms with Crippen molar-refractivity contribution >= 4 is 17.4 Å². The molecule has 0 N–H and O–H groups in total. The van der Waals surface area contributed by atoms with E-state index in [0.717, 1.165) is 5.56 Å². The second-order valence-corrected chi connectivity index (χ2v) is 3.67. The minimum absolute atomic E-state index is 0.121. The number of aromatic nitrogens is 1. The van der Waals surface area contributed by atoms with Gasteiger partial charge in [0, 0.05) is 25.4 Å². The SMILES string of the molecule is CN(CCC(F)(F)F)c1ncccc1CCl. The molecule has 0 aromatic carbocycles. The summed E-state index contributed by atoms with van der Waals surface area (Å²) in [5, 5.41) is 0. The van der Waals surface area contributed by atoms with Gasteiger partial charge in [-0.1, -0.05) is 6.07 Å². The van der Waals surface area contributed by atoms with Gasteiger partial charge in [-0.15, -0.1) is 11.6 Å². The molecule has 0 atom stereocenters. The molecule has 16 heavy (non-hydrogen) atoms. The zero-order chi connectivity index (χ0) is 12.2. The number of hydrogen-bond donors (Lipinski definition) is 0. The Labute approximate surface area is 97.0 Å². The number of hydrogen-bond acceptors (Lipinski definition) is 2. The lowest BCUT2D eigenvalue weighted by Crippen LogP contribution is -2.25. The Bertz CT molecular complexity index is 341. The molecule has 1 heterocycles. The van der Waals surface area contributed by atoms with Crippen molar-refractivity contribution in [3.05, 3.63) is 23.9 Å². The zero-order valence-electron chi connectivity index (χ0n) is 8.76. The average molecular weight is 253 g/mol. The number of rotatable bonds is 4. The van der Waals surface area contributed by atoms with Crippen LogP contribution in [0.25, 0.3) is 0 Å². The summed E-state index contributed by atoms with van der Waals surface area (Å²) in [6, 6.07) is 3.46. The number of nitrogens with zero attached hydrogens (tertiary/aromatic N) is 2. The fraction of sp³-hybridized carbons (Fsp3) is 0.500. The van der Waals surface area contributed by atoms with Crippen LogP contribution in [0.3, 0.4) is 0 Å². The van der Waals surface area contributed by atoms with Crippen LogP contribution in [-0.4, -0.2) is 24.8 Å². The van der Waals surface area contributed by atoms with Crippen molar-refractivity contribution in [1.29, 1.82) is 0 Å². The first-order chi connectivity index (χ1) is 7.44. The number of pyridine rings is 1. The van der Waals surface area contributed by atoms with Crippen molar-refractivity contribution in [3.8, 4) is 0 Å². The summed E-state index contributed by atoms with van der Waals surface area (Å²) in [6.45, 7) is -0.121. The van der Waals surface area contributed by atoms with Gasteiger partial charge in [0.05, 0.1) is 12.3 Å². The van der Waals surface area contributed by atoms with E-state index in [2.05, 4.69) is 4.98 Å². The standard InChI is InChI=1S/C10H12ClF3N2/c1-16(6-4-10(12,13)14)9-8(7-11)3-2-5-15-9/h2-3,5H,4,6-7H2,1H3. The first-order valence-electron chi connectivity index (χ1n) is 4.72. The Morgan fingerprint density at radius 3 is 2.69 bits per heavy atom. The molecule has 0 aliphatic carbocycles. The van der Waals surface area contributed by atoms with Gasteiger partial charge in [0.1, 0.15) is 5.82 Å². The number of halogens is 4. The fourth-order valence-electron chi connectivity index (χ4n) is 1.28. The lowest BCUT2D eigenvalue weighted by Gasteiger charge is -2.21. The molecular formula is C10H12ClF3N2. The third kappa shape index (κ3) is 3.89. The van der Waals surface area contributed by atoms with E-state index in [0.29, 0.717) is 5.82 Å². The van der Waals surface area contributed by atoms with Gasteiger partial charge in [-0.3, -0.25) is 0 Å². The lowest BCUT2D eigenvalue weighted by molar-refractivity contribution is -0.132. The second kappa shape index (κ2) is 5.39. The molecule has 1 aromatic heterocycles. The van der Waals surface area contributed by atoms with E-state index < -0.39 is 12.6 Å². The van der Waals surface area contributed by atoms with E-state index >= 15 is 0 Å². The molecule has 1 rings (SSSR count). The third-order valence-corrected chi connectivity index (χ3v) is 2.39. The second-order valence-electron chi connectivity index (χ2n) is 3.41. The van der Waals surface area contributed by atoms with Crippen LogP contribution in [-0.2, 0) is 5.88 Å². The van der Waals surface area contributed by atoms with Crippen molar-refractivity contribution in [2.24, 2.45) is 0 Å². The maximum absolute atomic E-state index is 12.0. The van der Waals surface area contributed by atoms with Gasteiger partial charge in [0.25, 0.3) is 0 Å². The summed E-state index contributed by atoms with van der Waals surface area (Å²) in [4.78, 5) is 5.49. The Hall–Kier alpha value is -0.970. The van der Waals surface area contributed by atoms with Crippen molar-refractivity contribution in [2.45, 2.75) is 18.5 Å². The molecule has 0 radical (unpaired) electrons. The number of alkyl halides is 4. The fourth-order valence-corrected chi connectivity index (χ4v) is 1.49. The first kappa shape index (κ1) is 13.1. The van der Waals surface area contributed by atoms with Gasteiger partial charge in [0.2, 0.25) is 0 Å². The van der Waals surface area contributed by atoms with Crippen molar-refractivity contribution in [2.75, 3.05) is 18.5 Å². The van der Waals surface area contributed by atoms with E-state index in [1.54, 1.807) is 19.2 Å². The Morgan fingerprint density at radius 1 is 1.44 bits per heavy atom. The molecule has 0 aliphatic heterocycles. The van der Waals surface area contributed by atoms with Crippen LogP contribution in [0, 0.1) is 0 Å². The van der Waals surface area contributed by atoms with Gasteiger partial charge < -0.3 is 4.90 Å². The molecule has 0 bridgehead atoms. The van der Waals surface area contributed by atoms with Crippen LogP contribution in [0.15, 0.2) is 18.3 Å². The first-order valence-corrected chi connectivity index (χ1v) is 5.25. The highest BCUT2D eigenvalue weighted by atomic mass is 35.5. The summed E-state index contributed by atoms with van der Waals surface area (Å²) < 4.78 is 36.1. The van der Waals surface area contributed by atoms with Crippen LogP contribution in [0.2, 0.25) is 0 Å². The van der Waals surface area contributed by atoms with Crippen LogP contribution < -0.4 is 4.90 Å². The maximum Gasteiger partial charge on any atom is 0.390 e. The van der Waals surface area contributed by atoms with E-state index in [9.17, 15) is 13.2 Å². The largest absolute Gasteiger partial charge is 0.390 e. The monoisotopic (exact) mass is 252 g/mol. The van der Waals surface area contributed by atoms with Gasteiger partial charge in [-0.2, -0.15) is 13.2 Å². The molecule has 6 heteroatoms. The maximum atomic E-state index is 12.0. The summed E-state index contributed by atoms with van der Waals surface area (Å²) in [6.07, 6.45) is -3.47. The van der Waals surface area contributed by atoms with Crippen LogP contribution >= 0.6 is 11.6 Å². The van der Waals surface area contributed by atoms with Gasteiger partial charge in [-0.25, -0.2) is 4.98 Å². The van der Waals surface area contributed by atoms with E-state index in [1.165, 1.54) is 11.1 Å². The van der Waals surface area contributed by atoms with Crippen molar-refractivity contribution in [1.82, 2.24) is 4.98 Å². The minimum Gasteiger partial charge on any atom is -0.359 e. The highest BCUT2D eigenvalue weighted by Crippen LogP contribution is 2.23. The summed E-state index contributed by atoms with van der Waals surface area (Å²) in [5.41, 5.74) is 0.730. The lowest BCUT2D eigenvalue weighted by atomic mass is 10.2. The third-order valence-electron chi connectivity index (χ3n) is 2.10. The van der Waals surface area contributed by atoms with Crippen LogP contribution in [0.1, 0.15) is 12.0 Å². The van der Waals surface area contributed by atoms with Crippen LogP contribution in [0.5, 0.6) is 0 Å². The molecule has 2 nitrogen and oxygen atoms in total. The average Bonchev–Trinajstić information content (AvgIpc) is 2.25. The molecule has 0 saturated carbocycles. The van der Waals surface area contributed by atoms with Crippen molar-refractivity contribution < 1.29 is 13.2 Å². The highest BCUT2D eigenvalue weighted by Gasteiger charge is 2.27. The highest BCUT2D eigenvalue weighted by molar-refractivity contribution is 6.17. The van der Waals surface area contributed by atoms with Crippen LogP contribution in [0.4, 0.5) is 19.0 Å². The predicted molar refractivity (Wildman–Crippen MR) is 57.7 cm³/mol. The Morgan fingerprint density at radius 2 is 2.12 bits per heavy atom. The van der Waals surface area contributed by atoms with E-state index in [-0.39, 0.29) is 12.4 Å². The normalized spacial score (nSPS) is 11.6. The van der Waals surface area contributed by atoms with E-state index in [1.807, 2.05) is 0 Å². The van der Waals surface area contributed by atoms with E-state index in [4.69, 9.17) is 11.6 Å². The van der Waals surface area contributed by atoms with Gasteiger partial charge >= 0.3 is 6.18 Å². The molecule has 0 amide bonds. The Balaban J connectivity index is 2.69. The van der Waals surface area contributed by atoms with Gasteiger partial charge in [0.15, 0.2) is 0 Å². The molecule has 90 valence electrons. The van der Waals surface area contributed by atoms with Crippen molar-refractivity contribution in [3.63, 3.8) is 0 Å². The topological polar surface area (TPSA) is 16.1 Å². The van der Waals surface area contributed by atoms with Gasteiger partial charge in [-0.05, 0) is 6.07 Å². The molecule has 0 unspecified atom stereocenters. The molecular weight excluding hydrogens is 241 g/mol. The molecule has 0 spiro atoms. The summed E-state index contributed by atoms with van der Waals surface area (Å²) in [7, 11) is 1.57. The molecule has 0 saturated heterocycles. The summed E-state index contributed by atoms with van der Waals surface area (Å²) in [5.74, 6) is 0.737. The number of anilines is 1. The molecule has 0 fully saturated rings. The molecule has 0 aliphatic rings. The predicted octanol–water partition coefficient (Wildman–Crippen LogP) is 3.21. The quantitative estimate of drug-likeness (QED) is 0.765. The molecule has 1 aromatic rings. The Kier molecular flexibility index (Phi) is 4.41. The minimum atomic E-state index is -4.15. The zero-order valence-corrected chi connectivity index (χ0v) is 9.52. The smallest absolute Gasteiger partial charge is 0.359 e.